The molecule has 2 rings (SSSR count). The number of hydrogen-bond donors (Lipinski definition) is 1. The van der Waals surface area contributed by atoms with E-state index in [4.69, 9.17) is 16.1 Å². The van der Waals surface area contributed by atoms with E-state index in [0.717, 1.165) is 6.07 Å². The van der Waals surface area contributed by atoms with Gasteiger partial charge in [0.2, 0.25) is 5.89 Å². The largest absolute Gasteiger partial charge is 0.351 e. The molecule has 94 valence electrons. The Morgan fingerprint density at radius 2 is 2.33 bits per heavy atom. The number of hydrogen-bond acceptors (Lipinski definition) is 4. The van der Waals surface area contributed by atoms with Crippen LogP contribution in [0, 0.1) is 5.82 Å². The van der Waals surface area contributed by atoms with E-state index in [0.29, 0.717) is 17.3 Å². The van der Waals surface area contributed by atoms with Crippen molar-refractivity contribution < 1.29 is 13.7 Å². The molecule has 0 aliphatic carbocycles. The lowest BCUT2D eigenvalue weighted by molar-refractivity contribution is 0.0949. The standard InChI is InChI=1S/C11H9ClFN3O2/c12-7-1-2-9(13)8(5-7)11(17)14-4-3-10-15-6-16-18-10/h1-2,5-6H,3-4H2,(H,14,17). The fourth-order valence-corrected chi connectivity index (χ4v) is 1.53. The van der Waals surface area contributed by atoms with Gasteiger partial charge >= 0.3 is 0 Å². The Balaban J connectivity index is 1.93. The summed E-state index contributed by atoms with van der Waals surface area (Å²) in [6.07, 6.45) is 1.65. The van der Waals surface area contributed by atoms with Gasteiger partial charge in [0.05, 0.1) is 5.56 Å². The highest BCUT2D eigenvalue weighted by Crippen LogP contribution is 2.14. The van der Waals surface area contributed by atoms with E-state index in [9.17, 15) is 9.18 Å². The molecule has 0 saturated carbocycles. The van der Waals surface area contributed by atoms with Crippen molar-refractivity contribution in [3.8, 4) is 0 Å². The lowest BCUT2D eigenvalue weighted by Crippen LogP contribution is -2.26. The first-order valence-corrected chi connectivity index (χ1v) is 5.53. The maximum Gasteiger partial charge on any atom is 0.254 e. The average molecular weight is 270 g/mol. The number of aromatic nitrogens is 2. The number of benzene rings is 1. The zero-order valence-corrected chi connectivity index (χ0v) is 9.95. The van der Waals surface area contributed by atoms with Crippen LogP contribution >= 0.6 is 11.6 Å². The van der Waals surface area contributed by atoms with Crippen LogP contribution in [0.3, 0.4) is 0 Å². The number of nitrogens with one attached hydrogen (secondary N) is 1. The first-order chi connectivity index (χ1) is 8.66. The Labute approximate surface area is 107 Å². The summed E-state index contributed by atoms with van der Waals surface area (Å²) in [6, 6.07) is 3.81. The molecule has 18 heavy (non-hydrogen) atoms. The van der Waals surface area contributed by atoms with Crippen LogP contribution in [0.15, 0.2) is 29.0 Å². The van der Waals surface area contributed by atoms with Crippen molar-refractivity contribution in [1.82, 2.24) is 15.5 Å². The van der Waals surface area contributed by atoms with E-state index < -0.39 is 11.7 Å². The second-order valence-corrected chi connectivity index (χ2v) is 3.90. The van der Waals surface area contributed by atoms with Crippen LogP contribution in [0.2, 0.25) is 5.02 Å². The van der Waals surface area contributed by atoms with Crippen LogP contribution in [0.5, 0.6) is 0 Å². The second-order valence-electron chi connectivity index (χ2n) is 3.47. The predicted octanol–water partition coefficient (Wildman–Crippen LogP) is 1.83. The molecule has 0 unspecified atom stereocenters. The van der Waals surface area contributed by atoms with E-state index in [-0.39, 0.29) is 12.1 Å². The third-order valence-electron chi connectivity index (χ3n) is 2.20. The minimum atomic E-state index is -0.616. The summed E-state index contributed by atoms with van der Waals surface area (Å²) in [6.45, 7) is 0.271. The molecular formula is C11H9ClFN3O2. The Kier molecular flexibility index (Phi) is 3.88. The number of carbonyl (C=O) groups is 1. The van der Waals surface area contributed by atoms with Gasteiger partial charge in [-0.2, -0.15) is 4.98 Å². The van der Waals surface area contributed by atoms with Gasteiger partial charge in [0.15, 0.2) is 6.33 Å². The van der Waals surface area contributed by atoms with E-state index in [1.54, 1.807) is 0 Å². The topological polar surface area (TPSA) is 68.0 Å². The van der Waals surface area contributed by atoms with E-state index in [1.807, 2.05) is 0 Å². The van der Waals surface area contributed by atoms with Gasteiger partial charge in [0.1, 0.15) is 5.82 Å². The third-order valence-corrected chi connectivity index (χ3v) is 2.44. The molecular weight excluding hydrogens is 261 g/mol. The van der Waals surface area contributed by atoms with Gasteiger partial charge in [0.25, 0.3) is 5.91 Å². The fraction of sp³-hybridized carbons (Fsp3) is 0.182. The van der Waals surface area contributed by atoms with Crippen LogP contribution in [-0.4, -0.2) is 22.6 Å². The molecule has 0 radical (unpaired) electrons. The number of nitrogens with zero attached hydrogens (tertiary/aromatic N) is 2. The van der Waals surface area contributed by atoms with Gasteiger partial charge in [-0.1, -0.05) is 16.8 Å². The molecule has 0 aliphatic rings. The molecule has 1 amide bonds. The molecule has 0 spiro atoms. The van der Waals surface area contributed by atoms with Crippen molar-refractivity contribution in [3.05, 3.63) is 46.8 Å². The van der Waals surface area contributed by atoms with Gasteiger partial charge in [0, 0.05) is 18.0 Å². The SMILES string of the molecule is O=C(NCCc1ncno1)c1cc(Cl)ccc1F. The highest BCUT2D eigenvalue weighted by molar-refractivity contribution is 6.30. The van der Waals surface area contributed by atoms with Crippen LogP contribution < -0.4 is 5.32 Å². The molecule has 5 nitrogen and oxygen atoms in total. The van der Waals surface area contributed by atoms with Crippen molar-refractivity contribution in [2.24, 2.45) is 0 Å². The summed E-state index contributed by atoms with van der Waals surface area (Å²) in [7, 11) is 0. The maximum atomic E-state index is 13.4. The minimum absolute atomic E-state index is 0.0898. The van der Waals surface area contributed by atoms with Gasteiger partial charge in [-0.25, -0.2) is 4.39 Å². The monoisotopic (exact) mass is 269 g/mol. The third kappa shape index (κ3) is 3.04. The van der Waals surface area contributed by atoms with Crippen molar-refractivity contribution in [1.29, 1.82) is 0 Å². The Bertz CT molecular complexity index is 545. The lowest BCUT2D eigenvalue weighted by Gasteiger charge is -2.05. The highest BCUT2D eigenvalue weighted by atomic mass is 35.5. The van der Waals surface area contributed by atoms with E-state index >= 15 is 0 Å². The fourth-order valence-electron chi connectivity index (χ4n) is 1.36. The zero-order valence-electron chi connectivity index (χ0n) is 9.19. The lowest BCUT2D eigenvalue weighted by atomic mass is 10.2. The van der Waals surface area contributed by atoms with Crippen molar-refractivity contribution >= 4 is 17.5 Å². The molecule has 0 atom stereocenters. The molecule has 7 heteroatoms. The molecule has 0 fully saturated rings. The first kappa shape index (κ1) is 12.5. The number of carbonyl (C=O) groups excluding carboxylic acids is 1. The molecule has 1 heterocycles. The normalized spacial score (nSPS) is 10.3. The molecule has 2 aromatic rings. The van der Waals surface area contributed by atoms with Gasteiger partial charge in [-0.05, 0) is 18.2 Å². The van der Waals surface area contributed by atoms with Gasteiger partial charge in [-0.3, -0.25) is 4.79 Å². The molecule has 1 aromatic carbocycles. The Morgan fingerprint density at radius 3 is 3.06 bits per heavy atom. The molecule has 1 aromatic heterocycles. The molecule has 0 bridgehead atoms. The molecule has 0 saturated heterocycles. The maximum absolute atomic E-state index is 13.4. The van der Waals surface area contributed by atoms with E-state index in [2.05, 4.69) is 15.5 Å². The minimum Gasteiger partial charge on any atom is -0.351 e. The van der Waals surface area contributed by atoms with Crippen molar-refractivity contribution in [2.75, 3.05) is 6.54 Å². The Morgan fingerprint density at radius 1 is 1.50 bits per heavy atom. The highest BCUT2D eigenvalue weighted by Gasteiger charge is 2.12. The van der Waals surface area contributed by atoms with Crippen molar-refractivity contribution in [3.63, 3.8) is 0 Å². The summed E-state index contributed by atoms with van der Waals surface area (Å²) in [5.41, 5.74) is -0.0898. The van der Waals surface area contributed by atoms with Crippen LogP contribution in [0.25, 0.3) is 0 Å². The van der Waals surface area contributed by atoms with E-state index in [1.165, 1.54) is 18.5 Å². The Hall–Kier alpha value is -1.95. The summed E-state index contributed by atoms with van der Waals surface area (Å²) in [5.74, 6) is -0.744. The predicted molar refractivity (Wildman–Crippen MR) is 61.7 cm³/mol. The van der Waals surface area contributed by atoms with Crippen LogP contribution in [0.4, 0.5) is 4.39 Å². The quantitative estimate of drug-likeness (QED) is 0.919. The smallest absolute Gasteiger partial charge is 0.254 e. The first-order valence-electron chi connectivity index (χ1n) is 5.15. The summed E-state index contributed by atoms with van der Waals surface area (Å²) in [4.78, 5) is 15.5. The summed E-state index contributed by atoms with van der Waals surface area (Å²) >= 11 is 5.70. The summed E-state index contributed by atoms with van der Waals surface area (Å²) < 4.78 is 18.1. The van der Waals surface area contributed by atoms with Crippen LogP contribution in [-0.2, 0) is 6.42 Å². The zero-order chi connectivity index (χ0) is 13.0. The average Bonchev–Trinajstić information content (AvgIpc) is 2.85. The summed E-state index contributed by atoms with van der Waals surface area (Å²) in [5, 5.41) is 6.27. The van der Waals surface area contributed by atoms with Crippen LogP contribution in [0.1, 0.15) is 16.2 Å². The van der Waals surface area contributed by atoms with Gasteiger partial charge in [-0.15, -0.1) is 0 Å². The van der Waals surface area contributed by atoms with Crippen molar-refractivity contribution in [2.45, 2.75) is 6.42 Å². The molecule has 0 aliphatic heterocycles. The number of rotatable bonds is 4. The molecule has 1 N–H and O–H groups in total. The number of amides is 1. The number of halogens is 2. The second kappa shape index (κ2) is 5.59. The van der Waals surface area contributed by atoms with Gasteiger partial charge < -0.3 is 9.84 Å².